The van der Waals surface area contributed by atoms with Gasteiger partial charge in [-0.15, -0.1) is 6.58 Å². The van der Waals surface area contributed by atoms with Gasteiger partial charge in [-0.1, -0.05) is 22.8 Å². The number of allylic oxidation sites excluding steroid dienone is 1. The number of carboxylic acids is 1. The Morgan fingerprint density at radius 3 is 3.16 bits per heavy atom. The minimum atomic E-state index is -1.01. The molecule has 0 aliphatic carbocycles. The van der Waals surface area contributed by atoms with Crippen LogP contribution < -0.4 is 4.74 Å². The third kappa shape index (κ3) is 1.77. The van der Waals surface area contributed by atoms with Crippen LogP contribution in [0, 0.1) is 0 Å². The van der Waals surface area contributed by atoms with Crippen LogP contribution in [0.1, 0.15) is 11.3 Å². The van der Waals surface area contributed by atoms with E-state index >= 15 is 0 Å². The predicted octanol–water partition coefficient (Wildman–Crippen LogP) is 2.60. The zero-order chi connectivity index (χ0) is 13.6. The van der Waals surface area contributed by atoms with Crippen LogP contribution in [0.3, 0.4) is 0 Å². The second-order valence-corrected chi connectivity index (χ2v) is 4.70. The molecule has 6 heteroatoms. The summed E-state index contributed by atoms with van der Waals surface area (Å²) < 4.78 is 10.5. The lowest BCUT2D eigenvalue weighted by atomic mass is 10.1. The number of carboxylic acid groups (broad SMARTS) is 1. The maximum atomic E-state index is 11.0. The van der Waals surface area contributed by atoms with Gasteiger partial charge in [0.25, 0.3) is 0 Å². The highest BCUT2D eigenvalue weighted by Crippen LogP contribution is 2.42. The molecule has 0 saturated carbocycles. The van der Waals surface area contributed by atoms with Gasteiger partial charge in [0.1, 0.15) is 10.8 Å². The summed E-state index contributed by atoms with van der Waals surface area (Å²) in [7, 11) is 0. The quantitative estimate of drug-likeness (QED) is 0.874. The van der Waals surface area contributed by atoms with Crippen molar-refractivity contribution in [3.05, 3.63) is 35.0 Å². The largest absolute Gasteiger partial charge is 0.478 e. The number of aromatic nitrogens is 1. The number of aliphatic carboxylic acids is 1. The number of hydrogen-bond acceptors (Lipinski definition) is 4. The zero-order valence-electron chi connectivity index (χ0n) is 9.85. The highest BCUT2D eigenvalue weighted by Gasteiger charge is 2.32. The summed E-state index contributed by atoms with van der Waals surface area (Å²) in [6.07, 6.45) is 1.68. The molecule has 1 atom stereocenters. The Morgan fingerprint density at radius 1 is 1.68 bits per heavy atom. The van der Waals surface area contributed by atoms with Gasteiger partial charge < -0.3 is 14.4 Å². The van der Waals surface area contributed by atoms with Crippen molar-refractivity contribution < 1.29 is 19.2 Å². The number of rotatable bonds is 3. The van der Waals surface area contributed by atoms with Gasteiger partial charge >= 0.3 is 5.97 Å². The van der Waals surface area contributed by atoms with Crippen LogP contribution in [-0.4, -0.2) is 22.3 Å². The van der Waals surface area contributed by atoms with E-state index in [1.807, 2.05) is 6.07 Å². The molecule has 0 bridgehead atoms. The Labute approximate surface area is 113 Å². The first-order valence-corrected chi connectivity index (χ1v) is 6.09. The molecule has 0 saturated heterocycles. The lowest BCUT2D eigenvalue weighted by Crippen LogP contribution is -2.24. The Morgan fingerprint density at radius 2 is 2.47 bits per heavy atom. The predicted molar refractivity (Wildman–Crippen MR) is 68.7 cm³/mol. The molecule has 0 amide bonds. The van der Waals surface area contributed by atoms with Gasteiger partial charge in [-0.25, -0.2) is 4.79 Å². The molecule has 1 unspecified atom stereocenters. The van der Waals surface area contributed by atoms with Crippen LogP contribution in [0.4, 0.5) is 0 Å². The van der Waals surface area contributed by atoms with E-state index < -0.39 is 12.1 Å². The number of fused-ring (bicyclic) bond motifs is 2. The molecule has 3 rings (SSSR count). The Balaban J connectivity index is 2.15. The Hall–Kier alpha value is -2.01. The van der Waals surface area contributed by atoms with Gasteiger partial charge in [0, 0.05) is 23.8 Å². The monoisotopic (exact) mass is 279 g/mol. The lowest BCUT2D eigenvalue weighted by molar-refractivity contribution is -0.144. The summed E-state index contributed by atoms with van der Waals surface area (Å²) in [6.45, 7) is 3.66. The van der Waals surface area contributed by atoms with Crippen molar-refractivity contribution in [1.82, 2.24) is 5.16 Å². The minimum Gasteiger partial charge on any atom is -0.478 e. The first kappa shape index (κ1) is 12.0. The number of hydrogen-bond donors (Lipinski definition) is 1. The molecule has 1 aliphatic rings. The average molecular weight is 280 g/mol. The summed E-state index contributed by atoms with van der Waals surface area (Å²) in [5.74, 6) is -0.629. The van der Waals surface area contributed by atoms with Crippen LogP contribution in [0.2, 0.25) is 5.02 Å². The van der Waals surface area contributed by atoms with Gasteiger partial charge in [0.15, 0.2) is 11.7 Å². The van der Waals surface area contributed by atoms with Crippen molar-refractivity contribution in [3.8, 4) is 5.75 Å². The fourth-order valence-electron chi connectivity index (χ4n) is 2.21. The van der Waals surface area contributed by atoms with E-state index in [9.17, 15) is 4.79 Å². The van der Waals surface area contributed by atoms with Crippen molar-refractivity contribution in [2.45, 2.75) is 18.9 Å². The molecular formula is C13H10ClNO4. The summed E-state index contributed by atoms with van der Waals surface area (Å²) in [5.41, 5.74) is 1.91. The summed E-state index contributed by atoms with van der Waals surface area (Å²) >= 11 is 6.19. The highest BCUT2D eigenvalue weighted by atomic mass is 35.5. The van der Waals surface area contributed by atoms with Gasteiger partial charge in [0.05, 0.1) is 5.69 Å². The standard InChI is InChI=1S/C13H10ClNO4/c1-2-3-8-7-4-6-5-9(13(16)17)18-11(6)10(14)12(7)19-15-8/h2,4,9H,1,3,5H2,(H,16,17). The molecule has 2 heterocycles. The average Bonchev–Trinajstić information content (AvgIpc) is 2.95. The molecule has 1 N–H and O–H groups in total. The van der Waals surface area contributed by atoms with Crippen LogP contribution in [0.25, 0.3) is 11.0 Å². The van der Waals surface area contributed by atoms with Crippen LogP contribution in [0.15, 0.2) is 23.2 Å². The lowest BCUT2D eigenvalue weighted by Gasteiger charge is -2.05. The number of ether oxygens (including phenoxy) is 1. The van der Waals surface area contributed by atoms with E-state index in [-0.39, 0.29) is 5.02 Å². The summed E-state index contributed by atoms with van der Waals surface area (Å²) in [6, 6.07) is 1.83. The second-order valence-electron chi connectivity index (χ2n) is 4.33. The summed E-state index contributed by atoms with van der Waals surface area (Å²) in [5, 5.41) is 14.0. The van der Waals surface area contributed by atoms with Gasteiger partial charge in [-0.05, 0) is 6.07 Å². The van der Waals surface area contributed by atoms with Crippen molar-refractivity contribution in [2.24, 2.45) is 0 Å². The maximum Gasteiger partial charge on any atom is 0.345 e. The highest BCUT2D eigenvalue weighted by molar-refractivity contribution is 6.36. The molecule has 5 nitrogen and oxygen atoms in total. The van der Waals surface area contributed by atoms with E-state index in [1.165, 1.54) is 0 Å². The van der Waals surface area contributed by atoms with E-state index in [0.29, 0.717) is 24.2 Å². The molecule has 1 aromatic carbocycles. The maximum absolute atomic E-state index is 11.0. The van der Waals surface area contributed by atoms with Crippen LogP contribution in [0.5, 0.6) is 5.75 Å². The normalized spacial score (nSPS) is 17.2. The van der Waals surface area contributed by atoms with E-state index in [4.69, 9.17) is 26.0 Å². The van der Waals surface area contributed by atoms with Crippen LogP contribution in [-0.2, 0) is 17.6 Å². The molecule has 0 fully saturated rings. The number of benzene rings is 1. The zero-order valence-corrected chi connectivity index (χ0v) is 10.6. The first-order chi connectivity index (χ1) is 9.11. The molecule has 1 aromatic heterocycles. The molecule has 2 aromatic rings. The van der Waals surface area contributed by atoms with Gasteiger partial charge in [-0.2, -0.15) is 0 Å². The van der Waals surface area contributed by atoms with Gasteiger partial charge in [-0.3, -0.25) is 0 Å². The Kier molecular flexibility index (Phi) is 2.71. The molecule has 0 radical (unpaired) electrons. The van der Waals surface area contributed by atoms with Crippen LogP contribution >= 0.6 is 11.6 Å². The smallest absolute Gasteiger partial charge is 0.345 e. The first-order valence-electron chi connectivity index (χ1n) is 5.71. The van der Waals surface area contributed by atoms with Crippen molar-refractivity contribution in [2.75, 3.05) is 0 Å². The Bertz CT molecular complexity index is 691. The molecular weight excluding hydrogens is 270 g/mol. The van der Waals surface area contributed by atoms with Crippen molar-refractivity contribution in [1.29, 1.82) is 0 Å². The second kappa shape index (κ2) is 4.28. The fourth-order valence-corrected chi connectivity index (χ4v) is 2.51. The number of halogens is 1. The number of nitrogens with zero attached hydrogens (tertiary/aromatic N) is 1. The topological polar surface area (TPSA) is 72.6 Å². The van der Waals surface area contributed by atoms with Crippen molar-refractivity contribution in [3.63, 3.8) is 0 Å². The van der Waals surface area contributed by atoms with E-state index in [0.717, 1.165) is 16.6 Å². The SMILES string of the molecule is C=CCc1noc2c(Cl)c3c(cc12)CC(C(=O)O)O3. The summed E-state index contributed by atoms with van der Waals surface area (Å²) in [4.78, 5) is 11.0. The fraction of sp³-hybridized carbons (Fsp3) is 0.231. The molecule has 0 spiro atoms. The number of carbonyl (C=O) groups is 1. The molecule has 1 aliphatic heterocycles. The van der Waals surface area contributed by atoms with Gasteiger partial charge in [0.2, 0.25) is 0 Å². The van der Waals surface area contributed by atoms with E-state index in [2.05, 4.69) is 11.7 Å². The molecule has 98 valence electrons. The third-order valence-corrected chi connectivity index (χ3v) is 3.43. The van der Waals surface area contributed by atoms with E-state index in [1.54, 1.807) is 6.08 Å². The minimum absolute atomic E-state index is 0.277. The molecule has 19 heavy (non-hydrogen) atoms. The third-order valence-electron chi connectivity index (χ3n) is 3.09. The van der Waals surface area contributed by atoms with Crippen molar-refractivity contribution >= 4 is 28.5 Å².